The molecule has 0 aliphatic carbocycles. The van der Waals surface area contributed by atoms with Crippen LogP contribution in [0.1, 0.15) is 5.56 Å². The van der Waals surface area contributed by atoms with Gasteiger partial charge in [-0.25, -0.2) is 4.57 Å². The van der Waals surface area contributed by atoms with Gasteiger partial charge in [0.1, 0.15) is 7.05 Å². The summed E-state index contributed by atoms with van der Waals surface area (Å²) in [5.41, 5.74) is 7.50. The standard InChI is InChI=1S/C33H25N2/c1-22-26-10-4-3-9-23(26)15-17-27(22)33-28-18-16-25(21-24(28)19-20-34(33)2)35-31-13-7-5-11-29(31)30-12-6-8-14-32(30)35/h3-21H,1-2H3/q+1. The van der Waals surface area contributed by atoms with E-state index in [9.17, 15) is 0 Å². The van der Waals surface area contributed by atoms with Gasteiger partial charge in [-0.3, -0.25) is 0 Å². The highest BCUT2D eigenvalue weighted by atomic mass is 15.0. The third kappa shape index (κ3) is 2.93. The highest BCUT2D eigenvalue weighted by Gasteiger charge is 2.19. The topological polar surface area (TPSA) is 8.81 Å². The van der Waals surface area contributed by atoms with Gasteiger partial charge in [0.2, 0.25) is 5.69 Å². The van der Waals surface area contributed by atoms with E-state index in [2.05, 4.69) is 138 Å². The fourth-order valence-electron chi connectivity index (χ4n) is 5.72. The second-order valence-electron chi connectivity index (χ2n) is 9.38. The molecule has 0 saturated carbocycles. The zero-order chi connectivity index (χ0) is 23.5. The van der Waals surface area contributed by atoms with Gasteiger partial charge in [0.05, 0.1) is 22.0 Å². The molecule has 0 N–H and O–H groups in total. The molecule has 7 aromatic rings. The largest absolute Gasteiger partial charge is 0.309 e. The Morgan fingerprint density at radius 3 is 1.97 bits per heavy atom. The van der Waals surface area contributed by atoms with E-state index < -0.39 is 0 Å². The highest BCUT2D eigenvalue weighted by molar-refractivity contribution is 6.09. The third-order valence-corrected chi connectivity index (χ3v) is 7.41. The number of hydrogen-bond donors (Lipinski definition) is 0. The van der Waals surface area contributed by atoms with Crippen LogP contribution in [0.15, 0.2) is 115 Å². The van der Waals surface area contributed by atoms with Crippen molar-refractivity contribution in [2.45, 2.75) is 6.92 Å². The Morgan fingerprint density at radius 2 is 1.23 bits per heavy atom. The molecule has 0 spiro atoms. The molecule has 0 fully saturated rings. The van der Waals surface area contributed by atoms with Gasteiger partial charge in [0, 0.05) is 22.5 Å². The van der Waals surface area contributed by atoms with Gasteiger partial charge in [-0.1, -0.05) is 66.7 Å². The van der Waals surface area contributed by atoms with E-state index in [-0.39, 0.29) is 0 Å². The van der Waals surface area contributed by atoms with Crippen LogP contribution in [-0.4, -0.2) is 4.57 Å². The number of pyridine rings is 1. The quantitative estimate of drug-likeness (QED) is 0.237. The van der Waals surface area contributed by atoms with Gasteiger partial charge in [0.25, 0.3) is 0 Å². The average Bonchev–Trinajstić information content (AvgIpc) is 3.24. The zero-order valence-corrected chi connectivity index (χ0v) is 19.9. The molecular weight excluding hydrogens is 424 g/mol. The molecule has 166 valence electrons. The van der Waals surface area contributed by atoms with Crippen LogP contribution in [0.25, 0.3) is 60.3 Å². The monoisotopic (exact) mass is 449 g/mol. The minimum atomic E-state index is 1.19. The fraction of sp³-hybridized carbons (Fsp3) is 0.0606. The van der Waals surface area contributed by atoms with Crippen LogP contribution >= 0.6 is 0 Å². The van der Waals surface area contributed by atoms with Gasteiger partial charge >= 0.3 is 0 Å². The molecule has 35 heavy (non-hydrogen) atoms. The summed E-state index contributed by atoms with van der Waals surface area (Å²) < 4.78 is 4.64. The van der Waals surface area contributed by atoms with Crippen molar-refractivity contribution in [2.75, 3.05) is 0 Å². The normalized spacial score (nSPS) is 11.7. The summed E-state index contributed by atoms with van der Waals surface area (Å²) in [4.78, 5) is 0. The molecule has 0 saturated heterocycles. The minimum absolute atomic E-state index is 1.19. The minimum Gasteiger partial charge on any atom is -0.309 e. The van der Waals surface area contributed by atoms with E-state index in [1.807, 2.05) is 0 Å². The number of hydrogen-bond acceptors (Lipinski definition) is 0. The molecule has 0 radical (unpaired) electrons. The van der Waals surface area contributed by atoms with Crippen molar-refractivity contribution < 1.29 is 4.57 Å². The molecule has 2 heteroatoms. The summed E-state index contributed by atoms with van der Waals surface area (Å²) in [5, 5.41) is 7.67. The number of aromatic nitrogens is 2. The zero-order valence-electron chi connectivity index (χ0n) is 19.9. The Bertz CT molecular complexity index is 1870. The van der Waals surface area contributed by atoms with Crippen molar-refractivity contribution in [1.82, 2.24) is 4.57 Å². The van der Waals surface area contributed by atoms with Crippen LogP contribution in [0, 0.1) is 6.92 Å². The van der Waals surface area contributed by atoms with Crippen molar-refractivity contribution in [1.29, 1.82) is 0 Å². The van der Waals surface area contributed by atoms with Crippen LogP contribution in [0.5, 0.6) is 0 Å². The number of benzene rings is 5. The Balaban J connectivity index is 1.49. The number of para-hydroxylation sites is 2. The second-order valence-corrected chi connectivity index (χ2v) is 9.38. The van der Waals surface area contributed by atoms with Gasteiger partial charge in [-0.05, 0) is 65.0 Å². The van der Waals surface area contributed by atoms with Crippen molar-refractivity contribution in [3.05, 3.63) is 121 Å². The van der Waals surface area contributed by atoms with E-state index in [0.717, 1.165) is 0 Å². The molecule has 0 atom stereocenters. The van der Waals surface area contributed by atoms with E-state index in [4.69, 9.17) is 0 Å². The maximum absolute atomic E-state index is 2.39. The Labute approximate surface area is 204 Å². The highest BCUT2D eigenvalue weighted by Crippen LogP contribution is 2.35. The van der Waals surface area contributed by atoms with E-state index >= 15 is 0 Å². The lowest BCUT2D eigenvalue weighted by atomic mass is 9.95. The van der Waals surface area contributed by atoms with Crippen molar-refractivity contribution >= 4 is 43.4 Å². The summed E-state index contributed by atoms with van der Waals surface area (Å²) in [6, 6.07) is 39.6. The number of aryl methyl sites for hydroxylation is 2. The first kappa shape index (κ1) is 20.0. The average molecular weight is 450 g/mol. The molecule has 5 aromatic carbocycles. The van der Waals surface area contributed by atoms with E-state index in [0.29, 0.717) is 0 Å². The Morgan fingerprint density at radius 1 is 0.571 bits per heavy atom. The van der Waals surface area contributed by atoms with Crippen molar-refractivity contribution in [3.63, 3.8) is 0 Å². The lowest BCUT2D eigenvalue weighted by Crippen LogP contribution is -2.30. The van der Waals surface area contributed by atoms with Crippen molar-refractivity contribution in [3.8, 4) is 16.9 Å². The third-order valence-electron chi connectivity index (χ3n) is 7.41. The van der Waals surface area contributed by atoms with Crippen molar-refractivity contribution in [2.24, 2.45) is 7.05 Å². The summed E-state index contributed by atoms with van der Waals surface area (Å²) in [5.74, 6) is 0. The first-order chi connectivity index (χ1) is 17.2. The van der Waals surface area contributed by atoms with Crippen LogP contribution < -0.4 is 4.57 Å². The fourth-order valence-corrected chi connectivity index (χ4v) is 5.72. The molecule has 0 aliphatic rings. The molecule has 2 nitrogen and oxygen atoms in total. The van der Waals surface area contributed by atoms with E-state index in [1.54, 1.807) is 0 Å². The first-order valence-electron chi connectivity index (χ1n) is 12.1. The summed E-state index contributed by atoms with van der Waals surface area (Å²) >= 11 is 0. The van der Waals surface area contributed by atoms with Gasteiger partial charge < -0.3 is 4.57 Å². The first-order valence-corrected chi connectivity index (χ1v) is 12.1. The Kier molecular flexibility index (Phi) is 4.31. The summed E-state index contributed by atoms with van der Waals surface area (Å²) in [7, 11) is 2.14. The lowest BCUT2D eigenvalue weighted by Gasteiger charge is -2.12. The summed E-state index contributed by atoms with van der Waals surface area (Å²) in [6.45, 7) is 2.24. The second kappa shape index (κ2) is 7.54. The molecule has 0 bridgehead atoms. The Hall–Kier alpha value is -4.43. The lowest BCUT2D eigenvalue weighted by molar-refractivity contribution is -0.659. The maximum atomic E-state index is 2.39. The molecule has 0 amide bonds. The van der Waals surface area contributed by atoms with E-state index in [1.165, 1.54) is 65.9 Å². The number of nitrogens with zero attached hydrogens (tertiary/aromatic N) is 2. The van der Waals surface area contributed by atoms with Gasteiger partial charge in [-0.2, -0.15) is 0 Å². The molecular formula is C33H25N2+. The predicted molar refractivity (Wildman–Crippen MR) is 147 cm³/mol. The van der Waals surface area contributed by atoms with Crippen LogP contribution in [0.2, 0.25) is 0 Å². The molecule has 0 aliphatic heterocycles. The summed E-state index contributed by atoms with van der Waals surface area (Å²) in [6.07, 6.45) is 2.18. The predicted octanol–water partition coefficient (Wildman–Crippen LogP) is 7.89. The molecule has 0 unspecified atom stereocenters. The van der Waals surface area contributed by atoms with Crippen LogP contribution in [0.4, 0.5) is 0 Å². The van der Waals surface area contributed by atoms with Gasteiger partial charge in [0.15, 0.2) is 6.20 Å². The molecule has 2 heterocycles. The number of rotatable bonds is 2. The molecule has 2 aromatic heterocycles. The number of fused-ring (bicyclic) bond motifs is 5. The SMILES string of the molecule is Cc1c(-c2c3ccc(-n4c5ccccc5c5ccccc54)cc3cc[n+]2C)ccc2ccccc12. The van der Waals surface area contributed by atoms with Crippen LogP contribution in [0.3, 0.4) is 0 Å². The van der Waals surface area contributed by atoms with Gasteiger partial charge in [-0.15, -0.1) is 0 Å². The smallest absolute Gasteiger partial charge is 0.220 e. The maximum Gasteiger partial charge on any atom is 0.220 e. The molecule has 7 rings (SSSR count). The van der Waals surface area contributed by atoms with Crippen LogP contribution in [-0.2, 0) is 7.05 Å².